The average molecular weight is 469 g/mol. The second kappa shape index (κ2) is 11.1. The quantitative estimate of drug-likeness (QED) is 0.374. The van der Waals surface area contributed by atoms with E-state index in [0.717, 1.165) is 10.5 Å². The molecule has 0 radical (unpaired) electrons. The fourth-order valence-electron chi connectivity index (χ4n) is 3.09. The second-order valence-corrected chi connectivity index (χ2v) is 8.89. The Bertz CT molecular complexity index is 1120. The van der Waals surface area contributed by atoms with Gasteiger partial charge in [0.15, 0.2) is 0 Å². The summed E-state index contributed by atoms with van der Waals surface area (Å²) in [6.07, 6.45) is 0.639. The zero-order valence-corrected chi connectivity index (χ0v) is 19.7. The minimum atomic E-state index is -0.307. The predicted molar refractivity (Wildman–Crippen MR) is 132 cm³/mol. The molecule has 3 aromatic carbocycles. The number of hydrogen-bond donors (Lipinski definition) is 2. The number of hydrogen-bond acceptors (Lipinski definition) is 4. The normalized spacial score (nSPS) is 11.5. The summed E-state index contributed by atoms with van der Waals surface area (Å²) in [6, 6.07) is 20.1. The average Bonchev–Trinajstić information content (AvgIpc) is 2.77. The third-order valence-corrected chi connectivity index (χ3v) is 6.39. The molecule has 0 spiro atoms. The van der Waals surface area contributed by atoms with Crippen LogP contribution >= 0.6 is 23.4 Å². The summed E-state index contributed by atoms with van der Waals surface area (Å²) < 4.78 is 5.15. The Morgan fingerprint density at radius 1 is 1.00 bits per heavy atom. The first-order valence-corrected chi connectivity index (χ1v) is 11.4. The van der Waals surface area contributed by atoms with Gasteiger partial charge in [0.2, 0.25) is 5.91 Å². The first kappa shape index (κ1) is 23.7. The van der Waals surface area contributed by atoms with Gasteiger partial charge in [-0.15, -0.1) is 11.8 Å². The molecule has 7 heteroatoms. The number of ether oxygens (including phenoxy) is 1. The molecule has 5 nitrogen and oxygen atoms in total. The Morgan fingerprint density at radius 2 is 1.75 bits per heavy atom. The van der Waals surface area contributed by atoms with Gasteiger partial charge in [-0.05, 0) is 61.9 Å². The van der Waals surface area contributed by atoms with Crippen LogP contribution in [-0.2, 0) is 4.79 Å². The first-order valence-electron chi connectivity index (χ1n) is 10.2. The maximum absolute atomic E-state index is 12.8. The topological polar surface area (TPSA) is 67.4 Å². The Morgan fingerprint density at radius 3 is 2.44 bits per heavy atom. The minimum Gasteiger partial charge on any atom is -0.495 e. The van der Waals surface area contributed by atoms with Crippen LogP contribution in [0.5, 0.6) is 5.75 Å². The summed E-state index contributed by atoms with van der Waals surface area (Å²) in [4.78, 5) is 26.2. The molecule has 2 N–H and O–H groups in total. The molecule has 0 aliphatic rings. The molecule has 32 heavy (non-hydrogen) atoms. The smallest absolute Gasteiger partial charge is 0.255 e. The van der Waals surface area contributed by atoms with Crippen molar-refractivity contribution < 1.29 is 14.3 Å². The van der Waals surface area contributed by atoms with Gasteiger partial charge in [-0.1, -0.05) is 42.3 Å². The molecular formula is C25H25ClN2O3S. The zero-order chi connectivity index (χ0) is 23.1. The highest BCUT2D eigenvalue weighted by atomic mass is 35.5. The van der Waals surface area contributed by atoms with E-state index in [0.29, 0.717) is 34.1 Å². The molecule has 0 fully saturated rings. The first-order chi connectivity index (χ1) is 15.4. The van der Waals surface area contributed by atoms with Gasteiger partial charge < -0.3 is 15.4 Å². The lowest BCUT2D eigenvalue weighted by Crippen LogP contribution is -2.24. The number of carbonyl (C=O) groups is 2. The van der Waals surface area contributed by atoms with E-state index < -0.39 is 0 Å². The number of aryl methyl sites for hydroxylation is 1. The standard InChI is InChI=1S/C25H25ClN2O3S/c1-4-23(25(30)28-19-11-12-22(31-3)21(26)15-19)32-20-10-6-9-18(14-20)27-24(29)17-8-5-7-16(2)13-17/h5-15,23H,4H2,1-3H3,(H,27,29)(H,28,30). The number of nitrogens with one attached hydrogen (secondary N) is 2. The Hall–Kier alpha value is -2.96. The number of amides is 2. The summed E-state index contributed by atoms with van der Waals surface area (Å²) >= 11 is 7.60. The van der Waals surface area contributed by atoms with E-state index in [4.69, 9.17) is 16.3 Å². The maximum Gasteiger partial charge on any atom is 0.255 e. The van der Waals surface area contributed by atoms with E-state index in [1.807, 2.05) is 56.3 Å². The number of halogens is 1. The summed E-state index contributed by atoms with van der Waals surface area (Å²) in [5, 5.41) is 5.96. The highest BCUT2D eigenvalue weighted by Crippen LogP contribution is 2.30. The highest BCUT2D eigenvalue weighted by molar-refractivity contribution is 8.00. The van der Waals surface area contributed by atoms with Crippen LogP contribution in [-0.4, -0.2) is 24.2 Å². The number of benzene rings is 3. The lowest BCUT2D eigenvalue weighted by atomic mass is 10.1. The summed E-state index contributed by atoms with van der Waals surface area (Å²) in [6.45, 7) is 3.91. The van der Waals surface area contributed by atoms with Crippen LogP contribution < -0.4 is 15.4 Å². The summed E-state index contributed by atoms with van der Waals surface area (Å²) in [5.74, 6) is 0.264. The maximum atomic E-state index is 12.8. The number of thioether (sulfide) groups is 1. The van der Waals surface area contributed by atoms with Crippen molar-refractivity contribution in [1.82, 2.24) is 0 Å². The van der Waals surface area contributed by atoms with Crippen molar-refractivity contribution in [3.05, 3.63) is 82.9 Å². The van der Waals surface area contributed by atoms with Crippen LogP contribution in [0.1, 0.15) is 29.3 Å². The van der Waals surface area contributed by atoms with Gasteiger partial charge in [0.25, 0.3) is 5.91 Å². The summed E-state index contributed by atoms with van der Waals surface area (Å²) in [7, 11) is 1.54. The van der Waals surface area contributed by atoms with Crippen LogP contribution in [0.15, 0.2) is 71.6 Å². The number of rotatable bonds is 8. The molecule has 0 aliphatic carbocycles. The number of anilines is 2. The van der Waals surface area contributed by atoms with Gasteiger partial charge in [-0.3, -0.25) is 9.59 Å². The van der Waals surface area contributed by atoms with Gasteiger partial charge >= 0.3 is 0 Å². The second-order valence-electron chi connectivity index (χ2n) is 7.20. The van der Waals surface area contributed by atoms with Crippen LogP contribution in [0.4, 0.5) is 11.4 Å². The van der Waals surface area contributed by atoms with Crippen molar-refractivity contribution in [3.63, 3.8) is 0 Å². The molecule has 166 valence electrons. The van der Waals surface area contributed by atoms with Crippen LogP contribution in [0, 0.1) is 6.92 Å². The Balaban J connectivity index is 1.66. The van der Waals surface area contributed by atoms with E-state index in [1.54, 1.807) is 31.4 Å². The van der Waals surface area contributed by atoms with E-state index >= 15 is 0 Å². The van der Waals surface area contributed by atoms with Crippen molar-refractivity contribution in [1.29, 1.82) is 0 Å². The third kappa shape index (κ3) is 6.28. The lowest BCUT2D eigenvalue weighted by Gasteiger charge is -2.16. The molecule has 1 atom stereocenters. The molecule has 0 bridgehead atoms. The molecule has 0 aromatic heterocycles. The van der Waals surface area contributed by atoms with E-state index in [2.05, 4.69) is 10.6 Å². The van der Waals surface area contributed by atoms with Crippen LogP contribution in [0.2, 0.25) is 5.02 Å². The molecule has 0 aliphatic heterocycles. The lowest BCUT2D eigenvalue weighted by molar-refractivity contribution is -0.115. The number of carbonyl (C=O) groups excluding carboxylic acids is 2. The van der Waals surface area contributed by atoms with Crippen molar-refractivity contribution >= 4 is 46.6 Å². The molecule has 2 amide bonds. The summed E-state index contributed by atoms with van der Waals surface area (Å²) in [5.41, 5.74) is 2.92. The molecule has 3 rings (SSSR count). The fraction of sp³-hybridized carbons (Fsp3) is 0.200. The molecule has 0 saturated carbocycles. The Labute approximate surface area is 197 Å². The van der Waals surface area contributed by atoms with E-state index in [-0.39, 0.29) is 17.1 Å². The minimum absolute atomic E-state index is 0.118. The van der Waals surface area contributed by atoms with Crippen molar-refractivity contribution in [2.24, 2.45) is 0 Å². The fourth-order valence-corrected chi connectivity index (χ4v) is 4.36. The SMILES string of the molecule is CCC(Sc1cccc(NC(=O)c2cccc(C)c2)c1)C(=O)Nc1ccc(OC)c(Cl)c1. The monoisotopic (exact) mass is 468 g/mol. The van der Waals surface area contributed by atoms with E-state index in [9.17, 15) is 9.59 Å². The molecule has 1 unspecified atom stereocenters. The van der Waals surface area contributed by atoms with Crippen molar-refractivity contribution in [2.75, 3.05) is 17.7 Å². The van der Waals surface area contributed by atoms with Gasteiger partial charge in [-0.2, -0.15) is 0 Å². The van der Waals surface area contributed by atoms with Gasteiger partial charge in [0.1, 0.15) is 5.75 Å². The highest BCUT2D eigenvalue weighted by Gasteiger charge is 2.19. The largest absolute Gasteiger partial charge is 0.495 e. The van der Waals surface area contributed by atoms with Crippen LogP contribution in [0.3, 0.4) is 0 Å². The number of methoxy groups -OCH3 is 1. The van der Waals surface area contributed by atoms with Crippen LogP contribution in [0.25, 0.3) is 0 Å². The zero-order valence-electron chi connectivity index (χ0n) is 18.1. The predicted octanol–water partition coefficient (Wildman–Crippen LogP) is 6.42. The molecule has 0 saturated heterocycles. The molecule has 0 heterocycles. The molecule has 3 aromatic rings. The van der Waals surface area contributed by atoms with Crippen molar-refractivity contribution in [2.45, 2.75) is 30.4 Å². The van der Waals surface area contributed by atoms with Gasteiger partial charge in [0.05, 0.1) is 17.4 Å². The van der Waals surface area contributed by atoms with Crippen molar-refractivity contribution in [3.8, 4) is 5.75 Å². The molecular weight excluding hydrogens is 444 g/mol. The Kier molecular flexibility index (Phi) is 8.20. The van der Waals surface area contributed by atoms with E-state index in [1.165, 1.54) is 11.8 Å². The van der Waals surface area contributed by atoms with Gasteiger partial charge in [-0.25, -0.2) is 0 Å². The van der Waals surface area contributed by atoms with Gasteiger partial charge in [0, 0.05) is 21.8 Å². The third-order valence-electron chi connectivity index (χ3n) is 4.73.